The van der Waals surface area contributed by atoms with Crippen molar-refractivity contribution in [1.29, 1.82) is 0 Å². The topological polar surface area (TPSA) is 41.1 Å². The minimum atomic E-state index is 0.192. The number of nitrogens with zero attached hydrogens (tertiary/aromatic N) is 3. The van der Waals surface area contributed by atoms with E-state index in [4.69, 9.17) is 0 Å². The summed E-state index contributed by atoms with van der Waals surface area (Å²) >= 11 is 1.45. The van der Waals surface area contributed by atoms with Gasteiger partial charge in [0.05, 0.1) is 5.69 Å². The fraction of sp³-hybridized carbons (Fsp3) is 0.875. The maximum Gasteiger partial charge on any atom is 0.0895 e. The van der Waals surface area contributed by atoms with Crippen LogP contribution in [0.3, 0.4) is 0 Å². The molecule has 1 saturated heterocycles. The highest BCUT2D eigenvalue weighted by Gasteiger charge is 2.39. The van der Waals surface area contributed by atoms with Gasteiger partial charge in [-0.25, -0.2) is 0 Å². The maximum atomic E-state index is 4.24. The first-order valence-corrected chi connectivity index (χ1v) is 8.94. The van der Waals surface area contributed by atoms with Crippen LogP contribution in [0, 0.1) is 0 Å². The maximum absolute atomic E-state index is 4.24. The van der Waals surface area contributed by atoms with Crippen molar-refractivity contribution in [3.63, 3.8) is 0 Å². The van der Waals surface area contributed by atoms with Crippen molar-refractivity contribution in [3.8, 4) is 0 Å². The molecule has 2 heterocycles. The van der Waals surface area contributed by atoms with E-state index < -0.39 is 0 Å². The van der Waals surface area contributed by atoms with E-state index in [1.807, 2.05) is 0 Å². The van der Waals surface area contributed by atoms with Crippen LogP contribution in [0.4, 0.5) is 0 Å². The molecule has 0 amide bonds. The van der Waals surface area contributed by atoms with Gasteiger partial charge >= 0.3 is 0 Å². The van der Waals surface area contributed by atoms with E-state index in [9.17, 15) is 0 Å². The minimum absolute atomic E-state index is 0.192. The molecule has 2 rings (SSSR count). The van der Waals surface area contributed by atoms with Crippen molar-refractivity contribution in [2.45, 2.75) is 84.0 Å². The molecule has 0 atom stereocenters. The molecule has 0 aliphatic carbocycles. The highest BCUT2D eigenvalue weighted by atomic mass is 32.1. The van der Waals surface area contributed by atoms with Crippen LogP contribution in [0.2, 0.25) is 0 Å². The Morgan fingerprint density at radius 3 is 2.48 bits per heavy atom. The number of piperidine rings is 1. The molecule has 1 aromatic heterocycles. The first-order valence-electron chi connectivity index (χ1n) is 8.11. The Hall–Kier alpha value is -0.520. The highest BCUT2D eigenvalue weighted by Crippen LogP contribution is 2.32. The SMILES string of the molecule is CCCCN(Cc1csnn1)C1CC(C)(C)NC(C)(C)C1. The van der Waals surface area contributed by atoms with Crippen molar-refractivity contribution in [3.05, 3.63) is 11.1 Å². The quantitative estimate of drug-likeness (QED) is 0.874. The predicted molar refractivity (Wildman–Crippen MR) is 89.5 cm³/mol. The van der Waals surface area contributed by atoms with Crippen LogP contribution in [-0.4, -0.2) is 38.2 Å². The summed E-state index contributed by atoms with van der Waals surface area (Å²) in [5.41, 5.74) is 1.50. The lowest BCUT2D eigenvalue weighted by Gasteiger charge is -2.49. The van der Waals surface area contributed by atoms with Crippen molar-refractivity contribution in [2.75, 3.05) is 6.54 Å². The third-order valence-corrected chi connectivity index (χ3v) is 4.81. The van der Waals surface area contributed by atoms with Crippen molar-refractivity contribution >= 4 is 11.5 Å². The van der Waals surface area contributed by atoms with Gasteiger partial charge < -0.3 is 5.32 Å². The molecule has 0 spiro atoms. The standard InChI is InChI=1S/C16H30N4S/c1-6-7-8-20(11-13-12-21-19-17-13)14-9-15(2,3)18-16(4,5)10-14/h12,14,18H,6-11H2,1-5H3. The third kappa shape index (κ3) is 5.01. The zero-order valence-corrected chi connectivity index (χ0v) is 15.0. The average Bonchev–Trinajstić information content (AvgIpc) is 2.83. The molecule has 0 bridgehead atoms. The molecule has 0 unspecified atom stereocenters. The Balaban J connectivity index is 2.10. The van der Waals surface area contributed by atoms with Crippen LogP contribution in [-0.2, 0) is 6.54 Å². The van der Waals surface area contributed by atoms with Crippen LogP contribution >= 0.6 is 11.5 Å². The molecule has 1 N–H and O–H groups in total. The molecule has 1 aliphatic rings. The van der Waals surface area contributed by atoms with Crippen LogP contribution in [0.5, 0.6) is 0 Å². The second-order valence-electron chi connectivity index (χ2n) is 7.68. The van der Waals surface area contributed by atoms with Crippen molar-refractivity contribution in [2.24, 2.45) is 0 Å². The molecule has 1 fully saturated rings. The second-order valence-corrected chi connectivity index (χ2v) is 8.28. The smallest absolute Gasteiger partial charge is 0.0895 e. The Morgan fingerprint density at radius 1 is 1.29 bits per heavy atom. The van der Waals surface area contributed by atoms with Gasteiger partial charge in [0, 0.05) is 29.0 Å². The summed E-state index contributed by atoms with van der Waals surface area (Å²) in [5.74, 6) is 0. The summed E-state index contributed by atoms with van der Waals surface area (Å²) in [6, 6.07) is 0.615. The normalized spacial score (nSPS) is 21.8. The molecule has 4 nitrogen and oxygen atoms in total. The van der Waals surface area contributed by atoms with Crippen molar-refractivity contribution < 1.29 is 0 Å². The summed E-state index contributed by atoms with van der Waals surface area (Å²) in [6.45, 7) is 13.6. The molecule has 0 aromatic carbocycles. The number of hydrogen-bond donors (Lipinski definition) is 1. The van der Waals surface area contributed by atoms with Gasteiger partial charge in [-0.2, -0.15) is 0 Å². The number of unbranched alkanes of at least 4 members (excludes halogenated alkanes) is 1. The van der Waals surface area contributed by atoms with Gasteiger partial charge in [0.2, 0.25) is 0 Å². The molecule has 1 aliphatic heterocycles. The largest absolute Gasteiger partial charge is 0.307 e. The molecule has 120 valence electrons. The van der Waals surface area contributed by atoms with E-state index in [0.29, 0.717) is 6.04 Å². The molecule has 5 heteroatoms. The molecule has 21 heavy (non-hydrogen) atoms. The Kier molecular flexibility index (Phi) is 5.38. The molecule has 0 radical (unpaired) electrons. The lowest BCUT2D eigenvalue weighted by atomic mass is 9.79. The molecule has 0 saturated carbocycles. The minimum Gasteiger partial charge on any atom is -0.307 e. The van der Waals surface area contributed by atoms with Crippen LogP contribution < -0.4 is 5.32 Å². The second kappa shape index (κ2) is 6.71. The molecular weight excluding hydrogens is 280 g/mol. The first kappa shape index (κ1) is 16.8. The fourth-order valence-corrected chi connectivity index (χ4v) is 4.18. The number of rotatable bonds is 6. The lowest BCUT2D eigenvalue weighted by Crippen LogP contribution is -2.62. The summed E-state index contributed by atoms with van der Waals surface area (Å²) in [4.78, 5) is 2.63. The van der Waals surface area contributed by atoms with Gasteiger partial charge in [0.1, 0.15) is 0 Å². The first-order chi connectivity index (χ1) is 9.81. The predicted octanol–water partition coefficient (Wildman–Crippen LogP) is 3.45. The monoisotopic (exact) mass is 310 g/mol. The summed E-state index contributed by atoms with van der Waals surface area (Å²) in [5, 5.41) is 10.1. The van der Waals surface area contributed by atoms with Crippen LogP contribution in [0.1, 0.15) is 66.0 Å². The highest BCUT2D eigenvalue weighted by molar-refractivity contribution is 7.03. The Bertz CT molecular complexity index is 411. The van der Waals surface area contributed by atoms with E-state index in [1.54, 1.807) is 0 Å². The van der Waals surface area contributed by atoms with Gasteiger partial charge in [0.25, 0.3) is 0 Å². The summed E-state index contributed by atoms with van der Waals surface area (Å²) in [7, 11) is 0. The number of aromatic nitrogens is 2. The zero-order chi connectivity index (χ0) is 15.5. The van der Waals surface area contributed by atoms with Crippen LogP contribution in [0.25, 0.3) is 0 Å². The van der Waals surface area contributed by atoms with Gasteiger partial charge in [0.15, 0.2) is 0 Å². The molecule has 1 aromatic rings. The fourth-order valence-electron chi connectivity index (χ4n) is 3.74. The van der Waals surface area contributed by atoms with E-state index in [2.05, 4.69) is 59.8 Å². The lowest BCUT2D eigenvalue weighted by molar-refractivity contribution is 0.0596. The van der Waals surface area contributed by atoms with E-state index in [1.165, 1.54) is 37.2 Å². The van der Waals surface area contributed by atoms with Gasteiger partial charge in [-0.3, -0.25) is 4.90 Å². The average molecular weight is 311 g/mol. The molecular formula is C16H30N4S. The van der Waals surface area contributed by atoms with Crippen LogP contribution in [0.15, 0.2) is 5.38 Å². The van der Waals surface area contributed by atoms with Gasteiger partial charge in [-0.05, 0) is 65.0 Å². The zero-order valence-electron chi connectivity index (χ0n) is 14.1. The summed E-state index contributed by atoms with van der Waals surface area (Å²) in [6.07, 6.45) is 4.88. The van der Waals surface area contributed by atoms with Gasteiger partial charge in [-0.1, -0.05) is 17.8 Å². The van der Waals surface area contributed by atoms with Crippen molar-refractivity contribution in [1.82, 2.24) is 19.8 Å². The van der Waals surface area contributed by atoms with E-state index >= 15 is 0 Å². The van der Waals surface area contributed by atoms with Gasteiger partial charge in [-0.15, -0.1) is 5.10 Å². The number of hydrogen-bond acceptors (Lipinski definition) is 5. The van der Waals surface area contributed by atoms with E-state index in [0.717, 1.165) is 18.8 Å². The number of nitrogens with one attached hydrogen (secondary N) is 1. The Labute approximate surface area is 133 Å². The Morgan fingerprint density at radius 2 is 1.95 bits per heavy atom. The third-order valence-electron chi connectivity index (χ3n) is 4.25. The van der Waals surface area contributed by atoms with E-state index in [-0.39, 0.29) is 11.1 Å². The summed E-state index contributed by atoms with van der Waals surface area (Å²) < 4.78 is 4.01.